The van der Waals surface area contributed by atoms with Gasteiger partial charge in [-0.15, -0.1) is 13.2 Å². The number of benzene rings is 1. The summed E-state index contributed by atoms with van der Waals surface area (Å²) in [6.45, 7) is 3.45. The molecule has 8 heteroatoms. The molecule has 0 radical (unpaired) electrons. The Morgan fingerprint density at radius 3 is 2.56 bits per heavy atom. The highest BCUT2D eigenvalue weighted by Gasteiger charge is 2.32. The standard InChI is InChI=1S/C17H19F3N2O2S/c1-23-15-10-13(24-17(18,19)20)2-3-14(15)16(12-4-9-25-11-12)22-7-5-21-6-8-22/h2-4,9-11,16,21H,5-8H2,1H3/t16-/m0/s1. The zero-order valence-corrected chi connectivity index (χ0v) is 14.5. The van der Waals surface area contributed by atoms with Gasteiger partial charge in [0.25, 0.3) is 0 Å². The van der Waals surface area contributed by atoms with E-state index >= 15 is 0 Å². The number of hydrogen-bond donors (Lipinski definition) is 1. The van der Waals surface area contributed by atoms with Gasteiger partial charge in [0, 0.05) is 37.8 Å². The Morgan fingerprint density at radius 2 is 1.96 bits per heavy atom. The zero-order valence-electron chi connectivity index (χ0n) is 13.7. The van der Waals surface area contributed by atoms with Crippen LogP contribution >= 0.6 is 11.3 Å². The van der Waals surface area contributed by atoms with Crippen molar-refractivity contribution < 1.29 is 22.6 Å². The summed E-state index contributed by atoms with van der Waals surface area (Å²) in [4.78, 5) is 2.31. The maximum Gasteiger partial charge on any atom is 0.573 e. The number of piperazine rings is 1. The van der Waals surface area contributed by atoms with Crippen molar-refractivity contribution in [2.24, 2.45) is 0 Å². The average Bonchev–Trinajstić information content (AvgIpc) is 3.10. The van der Waals surface area contributed by atoms with Crippen molar-refractivity contribution in [2.75, 3.05) is 33.3 Å². The van der Waals surface area contributed by atoms with Crippen LogP contribution in [0.4, 0.5) is 13.2 Å². The molecule has 136 valence electrons. The maximum absolute atomic E-state index is 12.5. The molecule has 1 aliphatic heterocycles. The lowest BCUT2D eigenvalue weighted by molar-refractivity contribution is -0.274. The quantitative estimate of drug-likeness (QED) is 0.869. The summed E-state index contributed by atoms with van der Waals surface area (Å²) in [5, 5.41) is 7.37. The van der Waals surface area contributed by atoms with Crippen LogP contribution in [0.1, 0.15) is 17.2 Å². The van der Waals surface area contributed by atoms with Gasteiger partial charge in [-0.2, -0.15) is 11.3 Å². The van der Waals surface area contributed by atoms with Crippen molar-refractivity contribution in [3.8, 4) is 11.5 Å². The molecule has 0 amide bonds. The van der Waals surface area contributed by atoms with Crippen molar-refractivity contribution in [1.82, 2.24) is 10.2 Å². The van der Waals surface area contributed by atoms with Gasteiger partial charge < -0.3 is 14.8 Å². The molecular weight excluding hydrogens is 353 g/mol. The predicted octanol–water partition coefficient (Wildman–Crippen LogP) is 3.65. The van der Waals surface area contributed by atoms with Gasteiger partial charge >= 0.3 is 6.36 Å². The number of halogens is 3. The number of thiophene rings is 1. The molecule has 3 rings (SSSR count). The number of rotatable bonds is 5. The van der Waals surface area contributed by atoms with E-state index in [9.17, 15) is 13.2 Å². The Bertz CT molecular complexity index is 686. The van der Waals surface area contributed by atoms with Crippen molar-refractivity contribution in [2.45, 2.75) is 12.4 Å². The number of nitrogens with zero attached hydrogens (tertiary/aromatic N) is 1. The van der Waals surface area contributed by atoms with Crippen molar-refractivity contribution >= 4 is 11.3 Å². The molecule has 1 saturated heterocycles. The van der Waals surface area contributed by atoms with E-state index in [2.05, 4.69) is 20.3 Å². The van der Waals surface area contributed by atoms with Crippen LogP contribution in [0.3, 0.4) is 0 Å². The van der Waals surface area contributed by atoms with E-state index in [-0.39, 0.29) is 11.8 Å². The highest BCUT2D eigenvalue weighted by molar-refractivity contribution is 7.08. The van der Waals surface area contributed by atoms with Crippen LogP contribution in [0.2, 0.25) is 0 Å². The summed E-state index contributed by atoms with van der Waals surface area (Å²) in [5.74, 6) is 0.106. The van der Waals surface area contributed by atoms with E-state index < -0.39 is 6.36 Å². The first-order chi connectivity index (χ1) is 12.0. The summed E-state index contributed by atoms with van der Waals surface area (Å²) in [6.07, 6.45) is -4.72. The van der Waals surface area contributed by atoms with Gasteiger partial charge in [-0.25, -0.2) is 0 Å². The molecule has 4 nitrogen and oxygen atoms in total. The SMILES string of the molecule is COc1cc(OC(F)(F)F)ccc1[C@H](c1ccsc1)N1CCNCC1. The van der Waals surface area contributed by atoms with Crippen LogP contribution < -0.4 is 14.8 Å². The highest BCUT2D eigenvalue weighted by atomic mass is 32.1. The minimum Gasteiger partial charge on any atom is -0.496 e. The Labute approximate surface area is 148 Å². The van der Waals surface area contributed by atoms with Gasteiger partial charge in [-0.05, 0) is 34.5 Å². The van der Waals surface area contributed by atoms with E-state index in [0.29, 0.717) is 5.75 Å². The fourth-order valence-corrected chi connectivity index (χ4v) is 3.75. The molecule has 1 aliphatic rings. The molecule has 1 atom stereocenters. The third-order valence-electron chi connectivity index (χ3n) is 4.11. The lowest BCUT2D eigenvalue weighted by Crippen LogP contribution is -2.45. The second-order valence-electron chi connectivity index (χ2n) is 5.70. The molecule has 1 aromatic carbocycles. The van der Waals surface area contributed by atoms with Gasteiger partial charge in [0.05, 0.1) is 13.2 Å². The van der Waals surface area contributed by atoms with Crippen molar-refractivity contribution in [3.63, 3.8) is 0 Å². The first-order valence-electron chi connectivity index (χ1n) is 7.88. The molecule has 0 spiro atoms. The van der Waals surface area contributed by atoms with Crippen LogP contribution in [-0.2, 0) is 0 Å². The molecule has 0 saturated carbocycles. The normalized spacial score (nSPS) is 17.3. The number of nitrogens with one attached hydrogen (secondary N) is 1. The minimum absolute atomic E-state index is 0.0664. The fraction of sp³-hybridized carbons (Fsp3) is 0.412. The van der Waals surface area contributed by atoms with E-state index in [0.717, 1.165) is 37.3 Å². The second-order valence-corrected chi connectivity index (χ2v) is 6.48. The highest BCUT2D eigenvalue weighted by Crippen LogP contribution is 2.38. The van der Waals surface area contributed by atoms with Gasteiger partial charge in [-0.1, -0.05) is 0 Å². The second kappa shape index (κ2) is 7.63. The lowest BCUT2D eigenvalue weighted by atomic mass is 9.97. The molecule has 1 N–H and O–H groups in total. The van der Waals surface area contributed by atoms with E-state index in [1.165, 1.54) is 19.2 Å². The van der Waals surface area contributed by atoms with Gasteiger partial charge in [0.1, 0.15) is 11.5 Å². The zero-order chi connectivity index (χ0) is 17.9. The van der Waals surface area contributed by atoms with Gasteiger partial charge in [0.2, 0.25) is 0 Å². The van der Waals surface area contributed by atoms with Crippen LogP contribution in [0.5, 0.6) is 11.5 Å². The third kappa shape index (κ3) is 4.45. The van der Waals surface area contributed by atoms with E-state index in [1.807, 2.05) is 11.4 Å². The number of ether oxygens (including phenoxy) is 2. The molecule has 1 aromatic heterocycles. The van der Waals surface area contributed by atoms with E-state index in [1.54, 1.807) is 17.4 Å². The van der Waals surface area contributed by atoms with Gasteiger partial charge in [0.15, 0.2) is 0 Å². The molecule has 1 fully saturated rings. The molecule has 2 aromatic rings. The van der Waals surface area contributed by atoms with Gasteiger partial charge in [-0.3, -0.25) is 4.90 Å². The Kier molecular flexibility index (Phi) is 5.51. The largest absolute Gasteiger partial charge is 0.573 e. The lowest BCUT2D eigenvalue weighted by Gasteiger charge is -2.35. The molecule has 0 bridgehead atoms. The minimum atomic E-state index is -4.72. The smallest absolute Gasteiger partial charge is 0.496 e. The number of methoxy groups -OCH3 is 1. The van der Waals surface area contributed by atoms with Crippen LogP contribution in [0.15, 0.2) is 35.0 Å². The summed E-state index contributed by atoms with van der Waals surface area (Å²) < 4.78 is 46.8. The summed E-state index contributed by atoms with van der Waals surface area (Å²) in [6, 6.07) is 6.27. The predicted molar refractivity (Wildman–Crippen MR) is 90.3 cm³/mol. The Morgan fingerprint density at radius 1 is 1.20 bits per heavy atom. The summed E-state index contributed by atoms with van der Waals surface area (Å²) >= 11 is 1.59. The number of alkyl halides is 3. The first-order valence-corrected chi connectivity index (χ1v) is 8.83. The van der Waals surface area contributed by atoms with Crippen molar-refractivity contribution in [3.05, 3.63) is 46.2 Å². The first kappa shape index (κ1) is 18.0. The average molecular weight is 372 g/mol. The Hall–Kier alpha value is -1.77. The molecule has 0 unspecified atom stereocenters. The Balaban J connectivity index is 1.97. The molecule has 2 heterocycles. The molecule has 0 aliphatic carbocycles. The van der Waals surface area contributed by atoms with E-state index in [4.69, 9.17) is 4.74 Å². The summed E-state index contributed by atoms with van der Waals surface area (Å²) in [7, 11) is 1.46. The molecular formula is C17H19F3N2O2S. The molecule has 25 heavy (non-hydrogen) atoms. The van der Waals surface area contributed by atoms with Crippen LogP contribution in [0.25, 0.3) is 0 Å². The van der Waals surface area contributed by atoms with Crippen LogP contribution in [0, 0.1) is 0 Å². The summed E-state index contributed by atoms with van der Waals surface area (Å²) in [5.41, 5.74) is 1.94. The number of hydrogen-bond acceptors (Lipinski definition) is 5. The van der Waals surface area contributed by atoms with Crippen LogP contribution in [-0.4, -0.2) is 44.6 Å². The monoisotopic (exact) mass is 372 g/mol. The fourth-order valence-electron chi connectivity index (χ4n) is 3.07. The topological polar surface area (TPSA) is 33.7 Å². The third-order valence-corrected chi connectivity index (χ3v) is 4.81. The van der Waals surface area contributed by atoms with Crippen molar-refractivity contribution in [1.29, 1.82) is 0 Å². The maximum atomic E-state index is 12.5.